The molecule has 0 atom stereocenters. The van der Waals surface area contributed by atoms with Gasteiger partial charge < -0.3 is 0 Å². The van der Waals surface area contributed by atoms with E-state index in [4.69, 9.17) is 0 Å². The van der Waals surface area contributed by atoms with Crippen LogP contribution in [0.4, 0.5) is 8.78 Å². The Morgan fingerprint density at radius 3 is 1.44 bits per heavy atom. The van der Waals surface area contributed by atoms with Crippen molar-refractivity contribution in [2.24, 2.45) is 0 Å². The Morgan fingerprint density at radius 2 is 1.44 bits per heavy atom. The summed E-state index contributed by atoms with van der Waals surface area (Å²) >= 11 is 0. The molecule has 0 aromatic carbocycles. The molecule has 9 heavy (non-hydrogen) atoms. The van der Waals surface area contributed by atoms with E-state index in [1.165, 1.54) is 6.92 Å². The van der Waals surface area contributed by atoms with Crippen LogP contribution in [0.5, 0.6) is 0 Å². The average molecular weight is 134 g/mol. The van der Waals surface area contributed by atoms with Crippen LogP contribution in [0.1, 0.15) is 13.8 Å². The van der Waals surface area contributed by atoms with Crippen molar-refractivity contribution in [3.05, 3.63) is 25.3 Å². The van der Waals surface area contributed by atoms with Crippen molar-refractivity contribution in [1.82, 2.24) is 0 Å². The highest BCUT2D eigenvalue weighted by molar-refractivity contribution is 5.00. The molecule has 0 saturated heterocycles. The maximum atomic E-state index is 11.7. The molecule has 0 rings (SSSR count). The minimum Gasteiger partial charge on any atom is -0.202 e. The normalized spacial score (nSPS) is 9.33. The molecule has 0 unspecified atom stereocenters. The van der Waals surface area contributed by atoms with E-state index in [2.05, 4.69) is 19.7 Å². The van der Waals surface area contributed by atoms with Crippen molar-refractivity contribution in [1.29, 1.82) is 0 Å². The third kappa shape index (κ3) is 7.34. The molecule has 0 amide bonds. The van der Waals surface area contributed by atoms with E-state index >= 15 is 0 Å². The Kier molecular flexibility index (Phi) is 5.27. The van der Waals surface area contributed by atoms with Gasteiger partial charge >= 0.3 is 0 Å². The molecule has 0 aromatic heterocycles. The fraction of sp³-hybridized carbons (Fsp3) is 0.429. The van der Waals surface area contributed by atoms with Crippen molar-refractivity contribution in [3.8, 4) is 0 Å². The monoisotopic (exact) mass is 134 g/mol. The van der Waals surface area contributed by atoms with Crippen LogP contribution in [0.2, 0.25) is 0 Å². The lowest BCUT2D eigenvalue weighted by atomic mass is 10.2. The Bertz CT molecular complexity index is 89.6. The molecular formula is C7H12F2. The van der Waals surface area contributed by atoms with Gasteiger partial charge in [-0.05, 0) is 12.5 Å². The zero-order valence-electron chi connectivity index (χ0n) is 5.88. The molecule has 0 N–H and O–H groups in total. The molecule has 0 aliphatic rings. The summed E-state index contributed by atoms with van der Waals surface area (Å²) in [4.78, 5) is 0. The maximum absolute atomic E-state index is 11.7. The van der Waals surface area contributed by atoms with E-state index < -0.39 is 5.92 Å². The minimum atomic E-state index is -2.69. The number of hydrogen-bond donors (Lipinski definition) is 0. The smallest absolute Gasteiger partial charge is 0.202 e. The van der Waals surface area contributed by atoms with Crippen LogP contribution in [0.15, 0.2) is 25.3 Å². The van der Waals surface area contributed by atoms with Crippen LogP contribution >= 0.6 is 0 Å². The Hall–Kier alpha value is -0.660. The second-order valence-corrected chi connectivity index (χ2v) is 1.67. The van der Waals surface area contributed by atoms with Crippen molar-refractivity contribution in [3.63, 3.8) is 0 Å². The third-order valence-electron chi connectivity index (χ3n) is 0.749. The molecule has 0 aliphatic carbocycles. The molecule has 0 radical (unpaired) electrons. The Balaban J connectivity index is 0. The highest BCUT2D eigenvalue weighted by atomic mass is 19.3. The van der Waals surface area contributed by atoms with Crippen molar-refractivity contribution in [2.45, 2.75) is 19.8 Å². The molecule has 0 saturated carbocycles. The van der Waals surface area contributed by atoms with Gasteiger partial charge in [0.1, 0.15) is 0 Å². The summed E-state index contributed by atoms with van der Waals surface area (Å²) in [6.45, 7) is 11.2. The van der Waals surface area contributed by atoms with Gasteiger partial charge in [-0.25, -0.2) is 8.78 Å². The number of halogens is 2. The average Bonchev–Trinajstić information content (AvgIpc) is 1.69. The van der Waals surface area contributed by atoms with Gasteiger partial charge in [-0.1, -0.05) is 6.58 Å². The lowest BCUT2D eigenvalue weighted by molar-refractivity contribution is 0.0641. The highest BCUT2D eigenvalue weighted by Crippen LogP contribution is 2.19. The van der Waals surface area contributed by atoms with Gasteiger partial charge in [0.15, 0.2) is 0 Å². The van der Waals surface area contributed by atoms with Gasteiger partial charge in [0, 0.05) is 6.92 Å². The predicted molar refractivity (Wildman–Crippen MR) is 36.7 cm³/mol. The summed E-state index contributed by atoms with van der Waals surface area (Å²) < 4.78 is 23.5. The molecule has 0 aromatic rings. The van der Waals surface area contributed by atoms with E-state index in [-0.39, 0.29) is 5.57 Å². The van der Waals surface area contributed by atoms with Gasteiger partial charge in [0.05, 0.1) is 0 Å². The van der Waals surface area contributed by atoms with E-state index in [1.54, 1.807) is 0 Å². The molecule has 0 aliphatic heterocycles. The SMILES string of the molecule is C=C.C=C(C)C(C)(F)F. The van der Waals surface area contributed by atoms with E-state index in [9.17, 15) is 8.78 Å². The number of rotatable bonds is 1. The Labute approximate surface area is 54.9 Å². The predicted octanol–water partition coefficient (Wildman–Crippen LogP) is 3.02. The van der Waals surface area contributed by atoms with Crippen LogP contribution < -0.4 is 0 Å². The maximum Gasteiger partial charge on any atom is 0.266 e. The van der Waals surface area contributed by atoms with Crippen LogP contribution in [0, 0.1) is 0 Å². The third-order valence-corrected chi connectivity index (χ3v) is 0.749. The summed E-state index contributed by atoms with van der Waals surface area (Å²) in [5.41, 5.74) is -0.0903. The lowest BCUT2D eigenvalue weighted by Crippen LogP contribution is -2.09. The zero-order chi connectivity index (χ0) is 8.08. The van der Waals surface area contributed by atoms with Gasteiger partial charge in [0.25, 0.3) is 5.92 Å². The molecule has 0 fully saturated rings. The van der Waals surface area contributed by atoms with Gasteiger partial charge in [0.2, 0.25) is 0 Å². The van der Waals surface area contributed by atoms with Gasteiger partial charge in [-0.15, -0.1) is 13.2 Å². The van der Waals surface area contributed by atoms with E-state index in [0.717, 1.165) is 6.92 Å². The first-order chi connectivity index (χ1) is 3.94. The topological polar surface area (TPSA) is 0 Å². The van der Waals surface area contributed by atoms with Gasteiger partial charge in [-0.2, -0.15) is 0 Å². The molecule has 0 spiro atoms. The fourth-order valence-corrected chi connectivity index (χ4v) is 0. The fourth-order valence-electron chi connectivity index (χ4n) is 0. The quantitative estimate of drug-likeness (QED) is 0.483. The molecule has 2 heteroatoms. The van der Waals surface area contributed by atoms with Crippen molar-refractivity contribution >= 4 is 0 Å². The first-order valence-corrected chi connectivity index (χ1v) is 2.48. The summed E-state index contributed by atoms with van der Waals surface area (Å²) in [6.07, 6.45) is 0. The van der Waals surface area contributed by atoms with Crippen LogP contribution in [0.25, 0.3) is 0 Å². The molecule has 54 valence electrons. The molecule has 0 bridgehead atoms. The van der Waals surface area contributed by atoms with Crippen LogP contribution in [-0.2, 0) is 0 Å². The van der Waals surface area contributed by atoms with Crippen molar-refractivity contribution in [2.75, 3.05) is 0 Å². The van der Waals surface area contributed by atoms with Crippen LogP contribution in [0.3, 0.4) is 0 Å². The standard InChI is InChI=1S/C5H8F2.C2H4/c1-4(2)5(3,6)7;1-2/h1H2,2-3H3;1-2H2. The van der Waals surface area contributed by atoms with E-state index in [1.807, 2.05) is 0 Å². The summed E-state index contributed by atoms with van der Waals surface area (Å²) in [7, 11) is 0. The highest BCUT2D eigenvalue weighted by Gasteiger charge is 2.20. The molecular weight excluding hydrogens is 122 g/mol. The number of allylic oxidation sites excluding steroid dienone is 1. The first-order valence-electron chi connectivity index (χ1n) is 2.48. The summed E-state index contributed by atoms with van der Waals surface area (Å²) in [6, 6.07) is 0. The number of hydrogen-bond acceptors (Lipinski definition) is 0. The molecule has 0 nitrogen and oxygen atoms in total. The largest absolute Gasteiger partial charge is 0.266 e. The summed E-state index contributed by atoms with van der Waals surface area (Å²) in [5, 5.41) is 0. The second kappa shape index (κ2) is 4.24. The van der Waals surface area contributed by atoms with Gasteiger partial charge in [-0.3, -0.25) is 0 Å². The number of alkyl halides is 2. The molecule has 0 heterocycles. The lowest BCUT2D eigenvalue weighted by Gasteiger charge is -2.06. The minimum absolute atomic E-state index is 0.0903. The van der Waals surface area contributed by atoms with E-state index in [0.29, 0.717) is 0 Å². The Morgan fingerprint density at radius 1 is 1.33 bits per heavy atom. The summed E-state index contributed by atoms with van der Waals surface area (Å²) in [5.74, 6) is -2.69. The van der Waals surface area contributed by atoms with Crippen LogP contribution in [-0.4, -0.2) is 5.92 Å². The second-order valence-electron chi connectivity index (χ2n) is 1.67. The zero-order valence-corrected chi connectivity index (χ0v) is 5.88. The van der Waals surface area contributed by atoms with Crippen molar-refractivity contribution < 1.29 is 8.78 Å². The first kappa shape index (κ1) is 11.2.